The van der Waals surface area contributed by atoms with Gasteiger partial charge in [-0.2, -0.15) is 0 Å². The van der Waals surface area contributed by atoms with Crippen molar-refractivity contribution >= 4 is 11.6 Å². The lowest BCUT2D eigenvalue weighted by Gasteiger charge is -2.27. The second-order valence-corrected chi connectivity index (χ2v) is 4.07. The summed E-state index contributed by atoms with van der Waals surface area (Å²) in [5.74, 6) is -0.472. The Morgan fingerprint density at radius 2 is 1.76 bits per heavy atom. The molecule has 1 atom stereocenters. The predicted octanol–water partition coefficient (Wildman–Crippen LogP) is 1.10. The summed E-state index contributed by atoms with van der Waals surface area (Å²) in [6.07, 6.45) is -0.894. The topological polar surface area (TPSA) is 63.6 Å². The van der Waals surface area contributed by atoms with E-state index in [1.807, 2.05) is 0 Å². The predicted molar refractivity (Wildman–Crippen MR) is 58.7 cm³/mol. The summed E-state index contributed by atoms with van der Waals surface area (Å²) >= 11 is 0. The van der Waals surface area contributed by atoms with Crippen LogP contribution in [0.4, 0.5) is 0 Å². The maximum Gasteiger partial charge on any atom is 0.195 e. The van der Waals surface area contributed by atoms with Gasteiger partial charge in [-0.1, -0.05) is 24.3 Å². The van der Waals surface area contributed by atoms with Crippen LogP contribution < -0.4 is 0 Å². The van der Waals surface area contributed by atoms with Crippen LogP contribution in [0.5, 0.6) is 0 Å². The van der Waals surface area contributed by atoms with Gasteiger partial charge in [0.25, 0.3) is 0 Å². The summed E-state index contributed by atoms with van der Waals surface area (Å²) in [6.45, 7) is 0.265. The Morgan fingerprint density at radius 1 is 1.12 bits per heavy atom. The van der Waals surface area contributed by atoms with E-state index >= 15 is 0 Å². The summed E-state index contributed by atoms with van der Waals surface area (Å²) in [5, 5.41) is 9.66. The molecule has 17 heavy (non-hydrogen) atoms. The second kappa shape index (κ2) is 3.61. The molecule has 3 rings (SSSR count). The lowest BCUT2D eigenvalue weighted by molar-refractivity contribution is -0.0774. The molecule has 0 bridgehead atoms. The van der Waals surface area contributed by atoms with E-state index in [2.05, 4.69) is 0 Å². The van der Waals surface area contributed by atoms with Gasteiger partial charge in [-0.15, -0.1) is 0 Å². The number of ketones is 2. The van der Waals surface area contributed by atoms with Gasteiger partial charge in [-0.25, -0.2) is 0 Å². The fourth-order valence-electron chi connectivity index (χ4n) is 2.31. The van der Waals surface area contributed by atoms with Crippen molar-refractivity contribution in [2.24, 2.45) is 0 Å². The maximum atomic E-state index is 12.2. The van der Waals surface area contributed by atoms with E-state index in [-0.39, 0.29) is 23.7 Å². The number of Topliss-reactive ketones (excluding diaryl/α,β-unsaturated/α-hetero) is 2. The molecular formula is C13H10O4. The number of hydrogen-bond donors (Lipinski definition) is 1. The molecule has 1 aromatic rings. The van der Waals surface area contributed by atoms with E-state index in [0.29, 0.717) is 23.1 Å². The fraction of sp³-hybridized carbons (Fsp3) is 0.231. The Bertz CT molecular complexity index is 556. The van der Waals surface area contributed by atoms with Crippen molar-refractivity contribution in [3.05, 3.63) is 46.5 Å². The third kappa shape index (κ3) is 1.38. The molecule has 0 saturated carbocycles. The van der Waals surface area contributed by atoms with Crippen molar-refractivity contribution in [3.8, 4) is 0 Å². The van der Waals surface area contributed by atoms with Crippen LogP contribution in [0.3, 0.4) is 0 Å². The first-order chi connectivity index (χ1) is 8.20. The summed E-state index contributed by atoms with van der Waals surface area (Å²) < 4.78 is 5.01. The molecule has 0 spiro atoms. The summed E-state index contributed by atoms with van der Waals surface area (Å²) in [4.78, 5) is 24.3. The summed E-state index contributed by atoms with van der Waals surface area (Å²) in [5.41, 5.74) is 1.28. The molecule has 4 heteroatoms. The minimum atomic E-state index is -1.27. The molecule has 4 nitrogen and oxygen atoms in total. The van der Waals surface area contributed by atoms with Crippen LogP contribution >= 0.6 is 0 Å². The molecule has 2 aliphatic rings. The van der Waals surface area contributed by atoms with Crippen LogP contribution in [0.25, 0.3) is 0 Å². The average molecular weight is 230 g/mol. The second-order valence-electron chi connectivity index (χ2n) is 4.07. The van der Waals surface area contributed by atoms with Crippen molar-refractivity contribution in [1.29, 1.82) is 0 Å². The Balaban J connectivity index is 2.23. The number of rotatable bonds is 0. The Labute approximate surface area is 97.5 Å². The molecular weight excluding hydrogens is 220 g/mol. The number of hydrogen-bond acceptors (Lipinski definition) is 4. The first-order valence-corrected chi connectivity index (χ1v) is 5.41. The van der Waals surface area contributed by atoms with Gasteiger partial charge in [-0.05, 0) is 0 Å². The highest BCUT2D eigenvalue weighted by Crippen LogP contribution is 2.32. The maximum absolute atomic E-state index is 12.2. The van der Waals surface area contributed by atoms with Crippen LogP contribution in [0.15, 0.2) is 35.4 Å². The van der Waals surface area contributed by atoms with Gasteiger partial charge in [0, 0.05) is 23.1 Å². The minimum Gasteiger partial charge on any atom is -0.364 e. The highest BCUT2D eigenvalue weighted by molar-refractivity contribution is 6.27. The van der Waals surface area contributed by atoms with E-state index < -0.39 is 6.29 Å². The lowest BCUT2D eigenvalue weighted by atomic mass is 9.82. The van der Waals surface area contributed by atoms with Gasteiger partial charge >= 0.3 is 0 Å². The Hall–Kier alpha value is -1.78. The smallest absolute Gasteiger partial charge is 0.195 e. The Kier molecular flexibility index (Phi) is 2.21. The van der Waals surface area contributed by atoms with E-state index in [9.17, 15) is 14.7 Å². The van der Waals surface area contributed by atoms with Crippen molar-refractivity contribution < 1.29 is 19.4 Å². The number of aliphatic hydroxyl groups is 1. The van der Waals surface area contributed by atoms with Crippen LogP contribution in [-0.4, -0.2) is 29.6 Å². The molecule has 1 aromatic carbocycles. The monoisotopic (exact) mass is 230 g/mol. The molecule has 86 valence electrons. The minimum absolute atomic E-state index is 0.111. The van der Waals surface area contributed by atoms with Gasteiger partial charge in [-0.3, -0.25) is 9.59 Å². The van der Waals surface area contributed by atoms with E-state index in [1.165, 1.54) is 0 Å². The number of ether oxygens (including phenoxy) is 1. The Morgan fingerprint density at radius 3 is 2.47 bits per heavy atom. The molecule has 1 unspecified atom stereocenters. The molecule has 0 saturated heterocycles. The van der Waals surface area contributed by atoms with Gasteiger partial charge in [0.2, 0.25) is 0 Å². The lowest BCUT2D eigenvalue weighted by Crippen LogP contribution is -2.34. The molecule has 0 amide bonds. The third-order valence-corrected chi connectivity index (χ3v) is 3.13. The molecule has 1 aliphatic carbocycles. The normalized spacial score (nSPS) is 23.5. The SMILES string of the molecule is O=C1C2=C(C(=O)c3ccccc31)C(O)OCC2. The summed E-state index contributed by atoms with van der Waals surface area (Å²) in [7, 11) is 0. The van der Waals surface area contributed by atoms with E-state index in [1.54, 1.807) is 24.3 Å². The number of carbonyl (C=O) groups is 2. The van der Waals surface area contributed by atoms with Gasteiger partial charge in [0.1, 0.15) is 0 Å². The molecule has 0 aromatic heterocycles. The van der Waals surface area contributed by atoms with Crippen molar-refractivity contribution in [2.45, 2.75) is 12.7 Å². The van der Waals surface area contributed by atoms with Crippen LogP contribution in [0.1, 0.15) is 27.1 Å². The van der Waals surface area contributed by atoms with Gasteiger partial charge in [0.05, 0.1) is 12.2 Å². The molecule has 0 fully saturated rings. The van der Waals surface area contributed by atoms with Crippen molar-refractivity contribution in [3.63, 3.8) is 0 Å². The highest BCUT2D eigenvalue weighted by atomic mass is 16.6. The number of aliphatic hydroxyl groups excluding tert-OH is 1. The van der Waals surface area contributed by atoms with Crippen molar-refractivity contribution in [1.82, 2.24) is 0 Å². The number of fused-ring (bicyclic) bond motifs is 1. The van der Waals surface area contributed by atoms with Crippen LogP contribution in [-0.2, 0) is 4.74 Å². The molecule has 1 heterocycles. The van der Waals surface area contributed by atoms with Crippen molar-refractivity contribution in [2.75, 3.05) is 6.61 Å². The first-order valence-electron chi connectivity index (χ1n) is 5.41. The largest absolute Gasteiger partial charge is 0.364 e. The third-order valence-electron chi connectivity index (χ3n) is 3.13. The number of carbonyl (C=O) groups excluding carboxylic acids is 2. The van der Waals surface area contributed by atoms with E-state index in [0.717, 1.165) is 0 Å². The zero-order valence-corrected chi connectivity index (χ0v) is 8.97. The molecule has 1 aliphatic heterocycles. The average Bonchev–Trinajstić information content (AvgIpc) is 2.36. The first kappa shape index (κ1) is 10.4. The highest BCUT2D eigenvalue weighted by Gasteiger charge is 2.37. The van der Waals surface area contributed by atoms with Gasteiger partial charge < -0.3 is 9.84 Å². The quantitative estimate of drug-likeness (QED) is 0.725. The standard InChI is InChI=1S/C13H10O4/c14-11-7-3-1-2-4-8(7)12(15)10-9(11)5-6-17-13(10)16/h1-4,13,16H,5-6H2. The van der Waals surface area contributed by atoms with Gasteiger partial charge in [0.15, 0.2) is 17.9 Å². The molecule has 0 radical (unpaired) electrons. The number of benzene rings is 1. The van der Waals surface area contributed by atoms with Crippen LogP contribution in [0.2, 0.25) is 0 Å². The zero-order chi connectivity index (χ0) is 12.0. The van der Waals surface area contributed by atoms with E-state index in [4.69, 9.17) is 4.74 Å². The zero-order valence-electron chi connectivity index (χ0n) is 8.97. The van der Waals surface area contributed by atoms with Crippen LogP contribution in [0, 0.1) is 0 Å². The molecule has 1 N–H and O–H groups in total. The summed E-state index contributed by atoms with van der Waals surface area (Å²) in [6, 6.07) is 6.67. The fourth-order valence-corrected chi connectivity index (χ4v) is 2.31.